The van der Waals surface area contributed by atoms with Gasteiger partial charge in [0.25, 0.3) is 0 Å². The number of nitrogens with two attached hydrogens (primary N) is 1. The Morgan fingerprint density at radius 2 is 1.70 bits per heavy atom. The zero-order chi connectivity index (χ0) is 19.2. The molecule has 0 aliphatic carbocycles. The average Bonchev–Trinajstić information content (AvgIpc) is 2.55. The van der Waals surface area contributed by atoms with Crippen molar-refractivity contribution in [2.45, 2.75) is 13.8 Å². The first-order valence-corrected chi connectivity index (χ1v) is 9.97. The first-order chi connectivity index (χ1) is 12.2. The first-order valence-electron chi connectivity index (χ1n) is 8.08. The van der Waals surface area contributed by atoms with E-state index in [0.717, 1.165) is 11.9 Å². The summed E-state index contributed by atoms with van der Waals surface area (Å²) in [6.07, 6.45) is 1.10. The number of nitrogens with zero attached hydrogens (tertiary/aromatic N) is 1. The van der Waals surface area contributed by atoms with Crippen molar-refractivity contribution in [2.75, 3.05) is 29.4 Å². The van der Waals surface area contributed by atoms with E-state index in [1.165, 1.54) is 11.1 Å². The van der Waals surface area contributed by atoms with Gasteiger partial charge < -0.3 is 15.8 Å². The van der Waals surface area contributed by atoms with E-state index in [-0.39, 0.29) is 24.0 Å². The molecule has 148 valence electrons. The second-order valence-corrected chi connectivity index (χ2v) is 7.69. The van der Waals surface area contributed by atoms with Crippen LogP contribution in [0.25, 0.3) is 0 Å². The largest absolute Gasteiger partial charge is 0.492 e. The van der Waals surface area contributed by atoms with Crippen LogP contribution >= 0.6 is 24.0 Å². The predicted molar refractivity (Wildman–Crippen MR) is 122 cm³/mol. The quantitative estimate of drug-likeness (QED) is 0.233. The molecule has 4 N–H and O–H groups in total. The third kappa shape index (κ3) is 8.48. The van der Waals surface area contributed by atoms with E-state index >= 15 is 0 Å². The maximum Gasteiger partial charge on any atom is 0.229 e. The Hall–Kier alpha value is -2.01. The summed E-state index contributed by atoms with van der Waals surface area (Å²) in [7, 11) is -3.28. The SMILES string of the molecule is Cc1ccc(NC(N)=NCCOc2ccc(NS(C)(=O)=O)cc2)cc1C.I. The highest BCUT2D eigenvalue weighted by molar-refractivity contribution is 14.0. The number of aryl methyl sites for hydroxylation is 2. The van der Waals surface area contributed by atoms with E-state index in [1.807, 2.05) is 25.1 Å². The summed E-state index contributed by atoms with van der Waals surface area (Å²) in [5, 5.41) is 3.04. The Kier molecular flexibility index (Phi) is 8.83. The summed E-state index contributed by atoms with van der Waals surface area (Å²) in [5.41, 5.74) is 9.65. The number of aliphatic imine (C=N–C) groups is 1. The number of benzene rings is 2. The Labute approximate surface area is 177 Å². The van der Waals surface area contributed by atoms with Crippen LogP contribution in [-0.2, 0) is 10.0 Å². The number of sulfonamides is 1. The fourth-order valence-electron chi connectivity index (χ4n) is 2.17. The van der Waals surface area contributed by atoms with Crippen LogP contribution in [0.2, 0.25) is 0 Å². The van der Waals surface area contributed by atoms with Gasteiger partial charge >= 0.3 is 0 Å². The average molecular weight is 504 g/mol. The Morgan fingerprint density at radius 1 is 1.07 bits per heavy atom. The maximum atomic E-state index is 11.2. The van der Waals surface area contributed by atoms with Crippen molar-refractivity contribution < 1.29 is 13.2 Å². The molecule has 2 rings (SSSR count). The molecule has 2 aromatic rings. The Balaban J connectivity index is 0.00000364. The van der Waals surface area contributed by atoms with Crippen LogP contribution in [0, 0.1) is 13.8 Å². The molecule has 0 aliphatic rings. The van der Waals surface area contributed by atoms with Crippen molar-refractivity contribution >= 4 is 51.3 Å². The van der Waals surface area contributed by atoms with Gasteiger partial charge in [-0.25, -0.2) is 13.4 Å². The standard InChI is InChI=1S/C18H24N4O3S.HI/c1-13-4-5-16(12-14(13)2)21-18(19)20-10-11-25-17-8-6-15(7-9-17)22-26(3,23)24;/h4-9,12,22H,10-11H2,1-3H3,(H3,19,20,21);1H. The summed E-state index contributed by atoms with van der Waals surface area (Å²) in [5.74, 6) is 0.949. The van der Waals surface area contributed by atoms with Gasteiger partial charge in [0.15, 0.2) is 5.96 Å². The van der Waals surface area contributed by atoms with Crippen LogP contribution in [0.15, 0.2) is 47.5 Å². The van der Waals surface area contributed by atoms with Crippen molar-refractivity contribution in [3.63, 3.8) is 0 Å². The molecule has 27 heavy (non-hydrogen) atoms. The number of hydrogen-bond acceptors (Lipinski definition) is 4. The first kappa shape index (κ1) is 23.0. The van der Waals surface area contributed by atoms with Gasteiger partial charge in [-0.15, -0.1) is 24.0 Å². The fraction of sp³-hybridized carbons (Fsp3) is 0.278. The van der Waals surface area contributed by atoms with Crippen molar-refractivity contribution in [2.24, 2.45) is 10.7 Å². The minimum atomic E-state index is -3.28. The fourth-order valence-corrected chi connectivity index (χ4v) is 2.73. The van der Waals surface area contributed by atoms with E-state index in [9.17, 15) is 8.42 Å². The molecule has 0 saturated carbocycles. The molecule has 0 spiro atoms. The molecule has 0 unspecified atom stereocenters. The summed E-state index contributed by atoms with van der Waals surface area (Å²) < 4.78 is 30.3. The van der Waals surface area contributed by atoms with Crippen molar-refractivity contribution in [1.82, 2.24) is 0 Å². The maximum absolute atomic E-state index is 11.2. The van der Waals surface area contributed by atoms with E-state index in [4.69, 9.17) is 10.5 Å². The van der Waals surface area contributed by atoms with Gasteiger partial charge in [-0.05, 0) is 61.4 Å². The van der Waals surface area contributed by atoms with Crippen molar-refractivity contribution in [3.05, 3.63) is 53.6 Å². The molecule has 7 nitrogen and oxygen atoms in total. The smallest absolute Gasteiger partial charge is 0.229 e. The van der Waals surface area contributed by atoms with Gasteiger partial charge in [0.05, 0.1) is 12.8 Å². The third-order valence-electron chi connectivity index (χ3n) is 3.58. The van der Waals surface area contributed by atoms with Gasteiger partial charge in [-0.1, -0.05) is 6.07 Å². The molecule has 0 aliphatic heterocycles. The molecule has 0 aromatic heterocycles. The van der Waals surface area contributed by atoms with Gasteiger partial charge in [-0.2, -0.15) is 0 Å². The van der Waals surface area contributed by atoms with E-state index < -0.39 is 10.0 Å². The molecule has 0 amide bonds. The van der Waals surface area contributed by atoms with Gasteiger partial charge in [0, 0.05) is 11.4 Å². The second kappa shape index (κ2) is 10.4. The van der Waals surface area contributed by atoms with Crippen LogP contribution in [0.5, 0.6) is 5.75 Å². The molecule has 0 radical (unpaired) electrons. The molecule has 0 heterocycles. The minimum Gasteiger partial charge on any atom is -0.492 e. The lowest BCUT2D eigenvalue weighted by atomic mass is 10.1. The Bertz CT molecular complexity index is 884. The van der Waals surface area contributed by atoms with E-state index in [1.54, 1.807) is 24.3 Å². The predicted octanol–water partition coefficient (Wildman–Crippen LogP) is 3.10. The highest BCUT2D eigenvalue weighted by Crippen LogP contribution is 2.16. The molecule has 2 aromatic carbocycles. The monoisotopic (exact) mass is 504 g/mol. The lowest BCUT2D eigenvalue weighted by Crippen LogP contribution is -2.23. The number of nitrogens with one attached hydrogen (secondary N) is 2. The van der Waals surface area contributed by atoms with Crippen LogP contribution < -0.4 is 20.5 Å². The van der Waals surface area contributed by atoms with Gasteiger partial charge in [-0.3, -0.25) is 4.72 Å². The summed E-state index contributed by atoms with van der Waals surface area (Å²) in [6, 6.07) is 12.6. The van der Waals surface area contributed by atoms with Crippen LogP contribution in [0.4, 0.5) is 11.4 Å². The normalized spacial score (nSPS) is 11.4. The van der Waals surface area contributed by atoms with Gasteiger partial charge in [0.1, 0.15) is 12.4 Å². The molecule has 9 heteroatoms. The van der Waals surface area contributed by atoms with Crippen LogP contribution in [0.1, 0.15) is 11.1 Å². The number of hydrogen-bond donors (Lipinski definition) is 3. The number of anilines is 2. The number of halogens is 1. The molecule has 0 bridgehead atoms. The summed E-state index contributed by atoms with van der Waals surface area (Å²) in [6.45, 7) is 4.84. The molecular formula is C18H25IN4O3S. The number of ether oxygens (including phenoxy) is 1. The summed E-state index contributed by atoms with van der Waals surface area (Å²) in [4.78, 5) is 4.22. The Morgan fingerprint density at radius 3 is 2.30 bits per heavy atom. The topological polar surface area (TPSA) is 106 Å². The van der Waals surface area contributed by atoms with Crippen LogP contribution in [0.3, 0.4) is 0 Å². The van der Waals surface area contributed by atoms with Crippen LogP contribution in [-0.4, -0.2) is 33.8 Å². The molecular weight excluding hydrogens is 479 g/mol. The van der Waals surface area contributed by atoms with Crippen molar-refractivity contribution in [1.29, 1.82) is 0 Å². The number of guanidine groups is 1. The van der Waals surface area contributed by atoms with E-state index in [2.05, 4.69) is 22.0 Å². The molecule has 0 saturated heterocycles. The lowest BCUT2D eigenvalue weighted by Gasteiger charge is -2.09. The summed E-state index contributed by atoms with van der Waals surface area (Å²) >= 11 is 0. The molecule has 0 atom stereocenters. The zero-order valence-corrected chi connectivity index (χ0v) is 18.7. The highest BCUT2D eigenvalue weighted by Gasteiger charge is 2.02. The van der Waals surface area contributed by atoms with Gasteiger partial charge in [0.2, 0.25) is 10.0 Å². The zero-order valence-electron chi connectivity index (χ0n) is 15.5. The second-order valence-electron chi connectivity index (χ2n) is 5.94. The van der Waals surface area contributed by atoms with Crippen molar-refractivity contribution in [3.8, 4) is 5.75 Å². The highest BCUT2D eigenvalue weighted by atomic mass is 127. The lowest BCUT2D eigenvalue weighted by molar-refractivity contribution is 0.329. The third-order valence-corrected chi connectivity index (χ3v) is 4.19. The number of rotatable bonds is 7. The van der Waals surface area contributed by atoms with E-state index in [0.29, 0.717) is 30.5 Å². The minimum absolute atomic E-state index is 0. The molecule has 0 fully saturated rings.